The summed E-state index contributed by atoms with van der Waals surface area (Å²) in [5.41, 5.74) is 5.44. The van der Waals surface area contributed by atoms with Gasteiger partial charge in [-0.3, -0.25) is 5.10 Å². The summed E-state index contributed by atoms with van der Waals surface area (Å²) < 4.78 is 0. The molecule has 0 atom stereocenters. The average Bonchev–Trinajstić information content (AvgIpc) is 2.97. The molecule has 0 spiro atoms. The zero-order valence-electron chi connectivity index (χ0n) is 12.5. The molecule has 0 unspecified atom stereocenters. The minimum absolute atomic E-state index is 0.0689. The van der Waals surface area contributed by atoms with Crippen LogP contribution >= 0.6 is 0 Å². The molecule has 1 aliphatic rings. The molecule has 0 radical (unpaired) electrons. The quantitative estimate of drug-likeness (QED) is 0.697. The van der Waals surface area contributed by atoms with E-state index in [0.717, 1.165) is 35.7 Å². The second-order valence-corrected chi connectivity index (χ2v) is 6.06. The predicted octanol–water partition coefficient (Wildman–Crippen LogP) is 2.79. The normalized spacial score (nSPS) is 15.5. The van der Waals surface area contributed by atoms with Gasteiger partial charge in [0.2, 0.25) is 0 Å². The van der Waals surface area contributed by atoms with E-state index in [9.17, 15) is 0 Å². The molecule has 4 N–H and O–H groups in total. The Morgan fingerprint density at radius 3 is 3.00 bits per heavy atom. The Kier molecular flexibility index (Phi) is 3.33. The van der Waals surface area contributed by atoms with Crippen molar-refractivity contribution >= 4 is 17.1 Å². The third-order valence-corrected chi connectivity index (χ3v) is 3.63. The maximum Gasteiger partial charge on any atom is 0.0584 e. The lowest BCUT2D eigenvalue weighted by molar-refractivity contribution is 0.589. The van der Waals surface area contributed by atoms with Gasteiger partial charge in [-0.1, -0.05) is 12.6 Å². The van der Waals surface area contributed by atoms with Crippen molar-refractivity contribution in [3.8, 4) is 0 Å². The van der Waals surface area contributed by atoms with Crippen LogP contribution in [0.5, 0.6) is 0 Å². The fourth-order valence-corrected chi connectivity index (χ4v) is 2.41. The highest BCUT2D eigenvalue weighted by molar-refractivity contribution is 5.73. The molecule has 2 heterocycles. The fourth-order valence-electron chi connectivity index (χ4n) is 2.41. The SMILES string of the molecule is C=C(NCc1ccc2c(c1)NC(C)(C)CN2)c1cn[nH]c1. The zero-order valence-corrected chi connectivity index (χ0v) is 12.5. The van der Waals surface area contributed by atoms with E-state index in [1.165, 1.54) is 5.56 Å². The summed E-state index contributed by atoms with van der Waals surface area (Å²) in [6.45, 7) is 10.1. The minimum atomic E-state index is 0.0689. The molecule has 21 heavy (non-hydrogen) atoms. The fraction of sp³-hybridized carbons (Fsp3) is 0.312. The molecule has 2 aromatic rings. The molecule has 1 aromatic carbocycles. The Morgan fingerprint density at radius 1 is 1.38 bits per heavy atom. The first-order chi connectivity index (χ1) is 10.0. The highest BCUT2D eigenvalue weighted by Gasteiger charge is 2.23. The van der Waals surface area contributed by atoms with Gasteiger partial charge in [-0.25, -0.2) is 0 Å². The van der Waals surface area contributed by atoms with Crippen LogP contribution in [0.2, 0.25) is 0 Å². The molecule has 110 valence electrons. The van der Waals surface area contributed by atoms with Crippen LogP contribution in [0, 0.1) is 0 Å². The maximum atomic E-state index is 4.02. The summed E-state index contributed by atoms with van der Waals surface area (Å²) in [5.74, 6) is 0. The molecule has 1 aromatic heterocycles. The molecule has 0 fully saturated rings. The molecule has 0 bridgehead atoms. The molecule has 0 aliphatic carbocycles. The van der Waals surface area contributed by atoms with Crippen molar-refractivity contribution in [1.29, 1.82) is 0 Å². The van der Waals surface area contributed by atoms with E-state index in [1.807, 2.05) is 6.20 Å². The standard InChI is InChI=1S/C16H21N5/c1-11(13-8-19-20-9-13)17-7-12-4-5-14-15(6-12)21-16(2,3)10-18-14/h4-6,8-9,17-18,21H,1,7,10H2,2-3H3,(H,19,20). The number of nitrogens with one attached hydrogen (secondary N) is 4. The van der Waals surface area contributed by atoms with Crippen LogP contribution in [-0.2, 0) is 6.54 Å². The van der Waals surface area contributed by atoms with Crippen molar-refractivity contribution in [3.63, 3.8) is 0 Å². The first-order valence-electron chi connectivity index (χ1n) is 7.10. The highest BCUT2D eigenvalue weighted by atomic mass is 15.1. The van der Waals surface area contributed by atoms with Crippen LogP contribution in [0.25, 0.3) is 5.70 Å². The van der Waals surface area contributed by atoms with E-state index in [4.69, 9.17) is 0 Å². The van der Waals surface area contributed by atoms with E-state index in [0.29, 0.717) is 0 Å². The molecule has 1 aliphatic heterocycles. The molecular weight excluding hydrogens is 262 g/mol. The molecule has 0 saturated carbocycles. The second kappa shape index (κ2) is 5.16. The number of anilines is 2. The first-order valence-corrected chi connectivity index (χ1v) is 7.10. The highest BCUT2D eigenvalue weighted by Crippen LogP contribution is 2.30. The Balaban J connectivity index is 1.68. The minimum Gasteiger partial charge on any atom is -0.381 e. The average molecular weight is 283 g/mol. The van der Waals surface area contributed by atoms with Crippen molar-refractivity contribution in [3.05, 3.63) is 48.3 Å². The molecule has 0 amide bonds. The number of benzene rings is 1. The largest absolute Gasteiger partial charge is 0.381 e. The number of aromatic nitrogens is 2. The number of nitrogens with zero attached hydrogens (tertiary/aromatic N) is 1. The van der Waals surface area contributed by atoms with Crippen LogP contribution in [0.1, 0.15) is 25.0 Å². The van der Waals surface area contributed by atoms with Gasteiger partial charge < -0.3 is 16.0 Å². The summed E-state index contributed by atoms with van der Waals surface area (Å²) in [6, 6.07) is 6.43. The van der Waals surface area contributed by atoms with E-state index < -0.39 is 0 Å². The smallest absolute Gasteiger partial charge is 0.0584 e. The third kappa shape index (κ3) is 3.02. The van der Waals surface area contributed by atoms with Crippen LogP contribution < -0.4 is 16.0 Å². The van der Waals surface area contributed by atoms with E-state index >= 15 is 0 Å². The topological polar surface area (TPSA) is 64.8 Å². The summed E-state index contributed by atoms with van der Waals surface area (Å²) in [6.07, 6.45) is 3.59. The van der Waals surface area contributed by atoms with Crippen LogP contribution in [0.3, 0.4) is 0 Å². The lowest BCUT2D eigenvalue weighted by Crippen LogP contribution is -2.42. The molecule has 0 saturated heterocycles. The molecular formula is C16H21N5. The van der Waals surface area contributed by atoms with Gasteiger partial charge in [0.25, 0.3) is 0 Å². The van der Waals surface area contributed by atoms with E-state index in [-0.39, 0.29) is 5.54 Å². The molecule has 5 heteroatoms. The lowest BCUT2D eigenvalue weighted by atomic mass is 10.0. The monoisotopic (exact) mass is 283 g/mol. The number of hydrogen-bond donors (Lipinski definition) is 4. The van der Waals surface area contributed by atoms with E-state index in [2.05, 4.69) is 64.8 Å². The van der Waals surface area contributed by atoms with Crippen LogP contribution in [-0.4, -0.2) is 22.3 Å². The molecule has 5 nitrogen and oxygen atoms in total. The van der Waals surface area contributed by atoms with Crippen molar-refractivity contribution in [2.75, 3.05) is 17.2 Å². The van der Waals surface area contributed by atoms with Crippen molar-refractivity contribution in [2.24, 2.45) is 0 Å². The Bertz CT molecular complexity index is 643. The number of H-pyrrole nitrogens is 1. The maximum absolute atomic E-state index is 4.02. The van der Waals surface area contributed by atoms with Gasteiger partial charge in [0.15, 0.2) is 0 Å². The number of fused-ring (bicyclic) bond motifs is 1. The van der Waals surface area contributed by atoms with Crippen LogP contribution in [0.4, 0.5) is 11.4 Å². The van der Waals surface area contributed by atoms with Crippen molar-refractivity contribution in [2.45, 2.75) is 25.9 Å². The summed E-state index contributed by atoms with van der Waals surface area (Å²) in [7, 11) is 0. The molecule has 3 rings (SSSR count). The third-order valence-electron chi connectivity index (χ3n) is 3.63. The van der Waals surface area contributed by atoms with Crippen LogP contribution in [0.15, 0.2) is 37.2 Å². The number of rotatable bonds is 4. The Hall–Kier alpha value is -2.43. The zero-order chi connectivity index (χ0) is 14.9. The number of aromatic amines is 1. The van der Waals surface area contributed by atoms with Gasteiger partial charge >= 0.3 is 0 Å². The van der Waals surface area contributed by atoms with E-state index in [1.54, 1.807) is 6.20 Å². The van der Waals surface area contributed by atoms with Gasteiger partial charge in [-0.05, 0) is 31.5 Å². The van der Waals surface area contributed by atoms with Gasteiger partial charge in [0.05, 0.1) is 17.6 Å². The Labute approximate surface area is 124 Å². The van der Waals surface area contributed by atoms with Gasteiger partial charge in [0.1, 0.15) is 0 Å². The predicted molar refractivity (Wildman–Crippen MR) is 87.1 cm³/mol. The summed E-state index contributed by atoms with van der Waals surface area (Å²) in [4.78, 5) is 0. The second-order valence-electron chi connectivity index (χ2n) is 6.06. The summed E-state index contributed by atoms with van der Waals surface area (Å²) >= 11 is 0. The van der Waals surface area contributed by atoms with Gasteiger partial charge in [0, 0.05) is 36.1 Å². The van der Waals surface area contributed by atoms with Gasteiger partial charge in [-0.15, -0.1) is 0 Å². The van der Waals surface area contributed by atoms with Crippen molar-refractivity contribution < 1.29 is 0 Å². The lowest BCUT2D eigenvalue weighted by Gasteiger charge is -2.35. The van der Waals surface area contributed by atoms with Gasteiger partial charge in [-0.2, -0.15) is 5.10 Å². The van der Waals surface area contributed by atoms with Crippen molar-refractivity contribution in [1.82, 2.24) is 15.5 Å². The Morgan fingerprint density at radius 2 is 2.24 bits per heavy atom. The first kappa shape index (κ1) is 13.5. The summed E-state index contributed by atoms with van der Waals surface area (Å²) in [5, 5.41) is 17.1. The number of hydrogen-bond acceptors (Lipinski definition) is 4.